The van der Waals surface area contributed by atoms with E-state index in [2.05, 4.69) is 0 Å². The zero-order chi connectivity index (χ0) is 24.9. The van der Waals surface area contributed by atoms with E-state index in [1.807, 2.05) is 0 Å². The molecule has 16 heteroatoms. The van der Waals surface area contributed by atoms with Crippen LogP contribution < -0.4 is 0 Å². The normalized spacial score (nSPS) is 26.0. The van der Waals surface area contributed by atoms with Gasteiger partial charge in [-0.15, -0.1) is 0 Å². The third-order valence-electron chi connectivity index (χ3n) is 3.65. The average Bonchev–Trinajstić information content (AvgIpc) is 2.58. The molecular weight excluding hydrogens is 523 g/mol. The molecule has 0 bridgehead atoms. The number of ether oxygens (including phenoxy) is 5. The van der Waals surface area contributed by atoms with Gasteiger partial charge in [0.25, 0.3) is 10.1 Å². The van der Waals surface area contributed by atoms with Crippen LogP contribution in [0.15, 0.2) is 0 Å². The first-order chi connectivity index (χ1) is 14.5. The third-order valence-corrected chi connectivity index (χ3v) is 5.58. The largest absolute Gasteiger partial charge is 0.463 e. The first-order valence-electron chi connectivity index (χ1n) is 8.79. The van der Waals surface area contributed by atoms with Crippen molar-refractivity contribution < 1.29 is 55.5 Å². The fourth-order valence-electron chi connectivity index (χ4n) is 2.66. The van der Waals surface area contributed by atoms with Gasteiger partial charge >= 0.3 is 23.9 Å². The van der Waals surface area contributed by atoms with Crippen molar-refractivity contribution in [1.82, 2.24) is 0 Å². The highest BCUT2D eigenvalue weighted by Gasteiger charge is 2.57. The van der Waals surface area contributed by atoms with Gasteiger partial charge in [0.15, 0.2) is 17.5 Å². The van der Waals surface area contributed by atoms with Crippen LogP contribution in [0.3, 0.4) is 0 Å². The molecule has 0 aromatic carbocycles. The predicted molar refractivity (Wildman–Crippen MR) is 107 cm³/mol. The fourth-order valence-corrected chi connectivity index (χ4v) is 4.45. The van der Waals surface area contributed by atoms with Crippen LogP contribution in [0, 0.1) is 0 Å². The van der Waals surface area contributed by atoms with Crippen molar-refractivity contribution in [2.24, 2.45) is 0 Å². The van der Waals surface area contributed by atoms with E-state index in [0.29, 0.717) is 0 Å². The standard InChI is InChI=1S/C16H21Cl3O12S/c1-7(20)26-5-11-12(28-8(2)21)13(29-9(3)22)14(15(31-11)30-10(4)23)32(24,25)27-6-16(17,18)19/h11-15H,5-6H2,1-4H3/t11-,12-,13+,14-,15+/m1/s1. The Hall–Kier alpha value is -1.38. The zero-order valence-electron chi connectivity index (χ0n) is 17.2. The number of rotatable bonds is 8. The van der Waals surface area contributed by atoms with Crippen molar-refractivity contribution in [2.75, 3.05) is 13.2 Å². The van der Waals surface area contributed by atoms with E-state index in [1.54, 1.807) is 0 Å². The van der Waals surface area contributed by atoms with E-state index in [9.17, 15) is 27.6 Å². The van der Waals surface area contributed by atoms with E-state index >= 15 is 0 Å². The summed E-state index contributed by atoms with van der Waals surface area (Å²) in [4.78, 5) is 46.2. The summed E-state index contributed by atoms with van der Waals surface area (Å²) in [6.07, 6.45) is -6.77. The Balaban J connectivity index is 3.52. The minimum Gasteiger partial charge on any atom is -0.463 e. The van der Waals surface area contributed by atoms with Gasteiger partial charge in [0, 0.05) is 27.7 Å². The molecule has 0 aliphatic carbocycles. The molecule has 1 aliphatic heterocycles. The molecule has 1 aliphatic rings. The molecule has 1 fully saturated rings. The van der Waals surface area contributed by atoms with Crippen molar-refractivity contribution >= 4 is 68.8 Å². The molecule has 0 spiro atoms. The second-order valence-corrected chi connectivity index (χ2v) is 10.7. The number of carbonyl (C=O) groups is 4. The van der Waals surface area contributed by atoms with Gasteiger partial charge in [0.05, 0.1) is 0 Å². The quantitative estimate of drug-likeness (QED) is 0.184. The van der Waals surface area contributed by atoms with Gasteiger partial charge in [-0.05, 0) is 0 Å². The molecule has 184 valence electrons. The van der Waals surface area contributed by atoms with E-state index < -0.39 is 80.9 Å². The highest BCUT2D eigenvalue weighted by molar-refractivity contribution is 7.87. The van der Waals surface area contributed by atoms with Gasteiger partial charge < -0.3 is 23.7 Å². The van der Waals surface area contributed by atoms with Crippen LogP contribution in [0.25, 0.3) is 0 Å². The molecule has 1 saturated heterocycles. The molecular formula is C16H21Cl3O12S. The molecule has 0 N–H and O–H groups in total. The number of alkyl halides is 3. The third kappa shape index (κ3) is 9.24. The highest BCUT2D eigenvalue weighted by Crippen LogP contribution is 2.34. The SMILES string of the molecule is CC(=O)OC[C@H]1O[C@H](OC(C)=O)[C@H](S(=O)(=O)OCC(Cl)(Cl)Cl)[C@@H](OC(C)=O)[C@@H]1OC(C)=O. The molecule has 0 amide bonds. The molecule has 32 heavy (non-hydrogen) atoms. The molecule has 0 aromatic heterocycles. The molecule has 12 nitrogen and oxygen atoms in total. The maximum absolute atomic E-state index is 12.9. The first kappa shape index (κ1) is 28.7. The van der Waals surface area contributed by atoms with Gasteiger partial charge in [-0.3, -0.25) is 23.4 Å². The maximum Gasteiger partial charge on any atom is 0.304 e. The van der Waals surface area contributed by atoms with Crippen LogP contribution in [0.5, 0.6) is 0 Å². The monoisotopic (exact) mass is 542 g/mol. The van der Waals surface area contributed by atoms with E-state index in [-0.39, 0.29) is 0 Å². The van der Waals surface area contributed by atoms with Crippen molar-refractivity contribution in [1.29, 1.82) is 0 Å². The van der Waals surface area contributed by atoms with Gasteiger partial charge in [-0.25, -0.2) is 0 Å². The Kier molecular flexibility index (Phi) is 10.4. The summed E-state index contributed by atoms with van der Waals surface area (Å²) < 4.78 is 53.9. The van der Waals surface area contributed by atoms with Crippen LogP contribution in [0.4, 0.5) is 0 Å². The average molecular weight is 544 g/mol. The Morgan fingerprint density at radius 3 is 1.78 bits per heavy atom. The lowest BCUT2D eigenvalue weighted by atomic mass is 10.0. The van der Waals surface area contributed by atoms with E-state index in [4.69, 9.17) is 62.7 Å². The smallest absolute Gasteiger partial charge is 0.304 e. The van der Waals surface area contributed by atoms with Crippen LogP contribution in [-0.2, 0) is 57.2 Å². The predicted octanol–water partition coefficient (Wildman–Crippen LogP) is 0.786. The molecule has 0 radical (unpaired) electrons. The van der Waals surface area contributed by atoms with Gasteiger partial charge in [-0.1, -0.05) is 34.8 Å². The summed E-state index contributed by atoms with van der Waals surface area (Å²) in [5, 5.41) is -2.07. The van der Waals surface area contributed by atoms with Crippen LogP contribution in [-0.4, -0.2) is 79.2 Å². The molecule has 1 rings (SSSR count). The van der Waals surface area contributed by atoms with Crippen LogP contribution >= 0.6 is 34.8 Å². The Morgan fingerprint density at radius 1 is 0.844 bits per heavy atom. The molecule has 1 heterocycles. The lowest BCUT2D eigenvalue weighted by Gasteiger charge is -2.43. The summed E-state index contributed by atoms with van der Waals surface area (Å²) in [5.74, 6) is -3.62. The van der Waals surface area contributed by atoms with E-state index in [1.165, 1.54) is 0 Å². The fraction of sp³-hybridized carbons (Fsp3) is 0.750. The maximum atomic E-state index is 12.9. The molecule has 5 atom stereocenters. The first-order valence-corrected chi connectivity index (χ1v) is 11.4. The molecule has 0 aromatic rings. The lowest BCUT2D eigenvalue weighted by molar-refractivity contribution is -0.258. The van der Waals surface area contributed by atoms with Gasteiger partial charge in [-0.2, -0.15) is 8.42 Å². The van der Waals surface area contributed by atoms with Gasteiger partial charge in [0.2, 0.25) is 10.1 Å². The lowest BCUT2D eigenvalue weighted by Crippen LogP contribution is -2.64. The van der Waals surface area contributed by atoms with E-state index in [0.717, 1.165) is 27.7 Å². The summed E-state index contributed by atoms with van der Waals surface area (Å²) >= 11 is 16.6. The summed E-state index contributed by atoms with van der Waals surface area (Å²) in [6.45, 7) is 2.46. The number of hydrogen-bond donors (Lipinski definition) is 0. The van der Waals surface area contributed by atoms with Crippen molar-refractivity contribution in [3.05, 3.63) is 0 Å². The second kappa shape index (κ2) is 11.7. The summed E-state index contributed by atoms with van der Waals surface area (Å²) in [6, 6.07) is 0. The van der Waals surface area contributed by atoms with Crippen molar-refractivity contribution in [2.45, 2.75) is 61.3 Å². The molecule has 0 saturated carbocycles. The highest BCUT2D eigenvalue weighted by atomic mass is 35.6. The zero-order valence-corrected chi connectivity index (χ0v) is 20.3. The summed E-state index contributed by atoms with van der Waals surface area (Å²) in [5.41, 5.74) is 0. The number of halogens is 3. The Morgan fingerprint density at radius 2 is 1.34 bits per heavy atom. The Bertz CT molecular complexity index is 825. The minimum atomic E-state index is -4.86. The van der Waals surface area contributed by atoms with Crippen LogP contribution in [0.1, 0.15) is 27.7 Å². The minimum absolute atomic E-state index is 0.565. The number of esters is 4. The topological polar surface area (TPSA) is 158 Å². The number of carbonyl (C=O) groups excluding carboxylic acids is 4. The second-order valence-electron chi connectivity index (χ2n) is 6.44. The Labute approximate surface area is 198 Å². The number of hydrogen-bond acceptors (Lipinski definition) is 12. The van der Waals surface area contributed by atoms with Gasteiger partial charge in [0.1, 0.15) is 19.3 Å². The van der Waals surface area contributed by atoms with Crippen molar-refractivity contribution in [3.63, 3.8) is 0 Å². The summed E-state index contributed by atoms with van der Waals surface area (Å²) in [7, 11) is -4.86. The van der Waals surface area contributed by atoms with Crippen molar-refractivity contribution in [3.8, 4) is 0 Å². The molecule has 0 unspecified atom stereocenters. The van der Waals surface area contributed by atoms with Crippen LogP contribution in [0.2, 0.25) is 0 Å².